The van der Waals surface area contributed by atoms with Crippen LogP contribution in [0.1, 0.15) is 31.8 Å². The minimum Gasteiger partial charge on any atom is -0.504 e. The first-order chi connectivity index (χ1) is 12.0. The number of carbonyl (C=O) groups is 2. The maximum atomic E-state index is 12.7. The molecule has 6 bridgehead atoms. The van der Waals surface area contributed by atoms with Crippen LogP contribution in [0.5, 0.6) is 23.0 Å². The van der Waals surface area contributed by atoms with Crippen molar-refractivity contribution in [3.05, 3.63) is 82.9 Å². The Bertz CT molecular complexity index is 1020. The minimum atomic E-state index is -0.473. The molecule has 0 amide bonds. The fraction of sp³-hybridized carbons (Fsp3) is 0. The highest BCUT2D eigenvalue weighted by Gasteiger charge is 2.22. The molecule has 0 unspecified atom stereocenters. The average molecular weight is 332 g/mol. The van der Waals surface area contributed by atoms with Gasteiger partial charge in [0.2, 0.25) is 5.75 Å². The highest BCUT2D eigenvalue weighted by Crippen LogP contribution is 2.42. The maximum absolute atomic E-state index is 12.7. The first-order valence-electron chi connectivity index (χ1n) is 7.57. The van der Waals surface area contributed by atoms with Crippen molar-refractivity contribution in [2.45, 2.75) is 0 Å². The molecule has 0 radical (unpaired) electrons. The smallest absolute Gasteiger partial charge is 0.211 e. The molecule has 0 spiro atoms. The van der Waals surface area contributed by atoms with E-state index >= 15 is 0 Å². The lowest BCUT2D eigenvalue weighted by molar-refractivity contribution is 0.103. The molecule has 25 heavy (non-hydrogen) atoms. The number of ether oxygens (including phenoxy) is 1. The second-order valence-corrected chi connectivity index (χ2v) is 5.68. The molecule has 0 atom stereocenters. The van der Waals surface area contributed by atoms with Gasteiger partial charge in [-0.25, -0.2) is 0 Å². The van der Waals surface area contributed by atoms with E-state index in [2.05, 4.69) is 0 Å². The topological polar surface area (TPSA) is 83.8 Å². The molecule has 0 aliphatic carbocycles. The van der Waals surface area contributed by atoms with Crippen molar-refractivity contribution in [3.63, 3.8) is 0 Å². The van der Waals surface area contributed by atoms with Gasteiger partial charge in [0, 0.05) is 16.7 Å². The van der Waals surface area contributed by atoms with Crippen molar-refractivity contribution in [1.29, 1.82) is 0 Å². The van der Waals surface area contributed by atoms with Crippen molar-refractivity contribution in [2.24, 2.45) is 0 Å². The molecule has 5 rings (SSSR count). The lowest BCUT2D eigenvalue weighted by Crippen LogP contribution is -2.05. The molecule has 5 nitrogen and oxygen atoms in total. The van der Waals surface area contributed by atoms with Gasteiger partial charge in [0.1, 0.15) is 5.75 Å². The summed E-state index contributed by atoms with van der Waals surface area (Å²) < 4.78 is 5.53. The summed E-state index contributed by atoms with van der Waals surface area (Å²) in [5.74, 6) is -1.33. The number of ketones is 2. The third kappa shape index (κ3) is 2.42. The van der Waals surface area contributed by atoms with Gasteiger partial charge < -0.3 is 14.9 Å². The van der Waals surface area contributed by atoms with E-state index in [9.17, 15) is 19.8 Å². The molecule has 0 saturated carbocycles. The molecular formula is C20H12O5. The van der Waals surface area contributed by atoms with Gasteiger partial charge in [0.15, 0.2) is 23.1 Å². The van der Waals surface area contributed by atoms with E-state index in [1.54, 1.807) is 42.5 Å². The van der Waals surface area contributed by atoms with Crippen LogP contribution in [-0.2, 0) is 0 Å². The van der Waals surface area contributed by atoms with Crippen molar-refractivity contribution >= 4 is 11.6 Å². The summed E-state index contributed by atoms with van der Waals surface area (Å²) in [7, 11) is 0. The van der Waals surface area contributed by atoms with Gasteiger partial charge in [-0.15, -0.1) is 0 Å². The molecule has 5 heteroatoms. The Hall–Kier alpha value is -3.60. The first-order valence-corrected chi connectivity index (χ1v) is 7.57. The highest BCUT2D eigenvalue weighted by molar-refractivity contribution is 6.14. The maximum Gasteiger partial charge on any atom is 0.211 e. The van der Waals surface area contributed by atoms with Crippen LogP contribution < -0.4 is 4.74 Å². The number of rotatable bonds is 0. The molecule has 2 aliphatic rings. The Morgan fingerprint density at radius 2 is 1.40 bits per heavy atom. The van der Waals surface area contributed by atoms with Crippen LogP contribution >= 0.6 is 0 Å². The van der Waals surface area contributed by atoms with Crippen LogP contribution in [0.4, 0.5) is 0 Å². The van der Waals surface area contributed by atoms with Crippen LogP contribution in [0.2, 0.25) is 0 Å². The molecule has 122 valence electrons. The van der Waals surface area contributed by atoms with E-state index < -0.39 is 11.5 Å². The Kier molecular flexibility index (Phi) is 3.28. The van der Waals surface area contributed by atoms with E-state index in [-0.39, 0.29) is 28.4 Å². The van der Waals surface area contributed by atoms with Crippen LogP contribution in [0, 0.1) is 0 Å². The molecule has 2 heterocycles. The zero-order valence-corrected chi connectivity index (χ0v) is 12.9. The van der Waals surface area contributed by atoms with E-state index in [4.69, 9.17) is 4.74 Å². The molecule has 0 fully saturated rings. The van der Waals surface area contributed by atoms with Gasteiger partial charge in [0.05, 0.1) is 5.56 Å². The molecular weight excluding hydrogens is 320 g/mol. The molecule has 0 saturated heterocycles. The van der Waals surface area contributed by atoms with Crippen LogP contribution in [0.25, 0.3) is 0 Å². The first kappa shape index (κ1) is 15.0. The third-order valence-electron chi connectivity index (χ3n) is 4.08. The third-order valence-corrected chi connectivity index (χ3v) is 4.08. The lowest BCUT2D eigenvalue weighted by Gasteiger charge is -2.12. The lowest BCUT2D eigenvalue weighted by atomic mass is 9.97. The predicted molar refractivity (Wildman–Crippen MR) is 89.6 cm³/mol. The zero-order valence-electron chi connectivity index (χ0n) is 12.9. The molecule has 3 aromatic carbocycles. The van der Waals surface area contributed by atoms with Gasteiger partial charge in [-0.3, -0.25) is 9.59 Å². The molecule has 0 aromatic heterocycles. The summed E-state index contributed by atoms with van der Waals surface area (Å²) in [5, 5.41) is 20.4. The Balaban J connectivity index is 2.02. The van der Waals surface area contributed by atoms with Crippen molar-refractivity contribution in [2.75, 3.05) is 0 Å². The normalized spacial score (nSPS) is 12.8. The summed E-state index contributed by atoms with van der Waals surface area (Å²) in [4.78, 5) is 25.3. The van der Waals surface area contributed by atoms with Gasteiger partial charge >= 0.3 is 0 Å². The summed E-state index contributed by atoms with van der Waals surface area (Å²) in [5.41, 5.74) is 1.05. The SMILES string of the molecule is O=C1c2ccc(cc2)Oc2c(O)ccc(c2O)C(=O)c2cccc1c2. The number of benzene rings is 3. The number of fused-ring (bicyclic) bond motifs is 2. The van der Waals surface area contributed by atoms with Crippen molar-refractivity contribution in [1.82, 2.24) is 0 Å². The Morgan fingerprint density at radius 3 is 2.12 bits per heavy atom. The molecule has 2 aliphatic heterocycles. The second kappa shape index (κ2) is 5.49. The fourth-order valence-electron chi connectivity index (χ4n) is 2.76. The number of phenolic OH excluding ortho intramolecular Hbond substituents is 2. The largest absolute Gasteiger partial charge is 0.504 e. The van der Waals surface area contributed by atoms with E-state index in [0.717, 1.165) is 0 Å². The minimum absolute atomic E-state index is 0.0209. The van der Waals surface area contributed by atoms with Crippen LogP contribution in [0.3, 0.4) is 0 Å². The van der Waals surface area contributed by atoms with E-state index in [0.29, 0.717) is 16.9 Å². The van der Waals surface area contributed by atoms with E-state index in [1.165, 1.54) is 18.2 Å². The predicted octanol–water partition coefficient (Wildman–Crippen LogP) is 3.67. The van der Waals surface area contributed by atoms with Gasteiger partial charge in [-0.1, -0.05) is 18.2 Å². The van der Waals surface area contributed by atoms with Gasteiger partial charge in [0.25, 0.3) is 0 Å². The van der Waals surface area contributed by atoms with Crippen molar-refractivity contribution < 1.29 is 24.5 Å². The number of hydrogen-bond donors (Lipinski definition) is 2. The van der Waals surface area contributed by atoms with Crippen LogP contribution in [-0.4, -0.2) is 21.8 Å². The number of phenols is 2. The number of aromatic hydroxyl groups is 2. The monoisotopic (exact) mass is 332 g/mol. The van der Waals surface area contributed by atoms with E-state index in [1.807, 2.05) is 0 Å². The zero-order chi connectivity index (χ0) is 17.6. The molecule has 3 aromatic rings. The number of carbonyl (C=O) groups excluding carboxylic acids is 2. The molecule has 2 N–H and O–H groups in total. The Labute approximate surface area is 142 Å². The summed E-state index contributed by atoms with van der Waals surface area (Å²) in [6.07, 6.45) is 0. The summed E-state index contributed by atoms with van der Waals surface area (Å²) >= 11 is 0. The fourth-order valence-corrected chi connectivity index (χ4v) is 2.76. The summed E-state index contributed by atoms with van der Waals surface area (Å²) in [6.45, 7) is 0. The van der Waals surface area contributed by atoms with Gasteiger partial charge in [-0.2, -0.15) is 0 Å². The highest BCUT2D eigenvalue weighted by atomic mass is 16.5. The van der Waals surface area contributed by atoms with Crippen LogP contribution in [0.15, 0.2) is 60.7 Å². The Morgan fingerprint density at radius 1 is 0.720 bits per heavy atom. The second-order valence-electron chi connectivity index (χ2n) is 5.68. The van der Waals surface area contributed by atoms with Crippen molar-refractivity contribution in [3.8, 4) is 23.0 Å². The quantitative estimate of drug-likeness (QED) is 0.513. The summed E-state index contributed by atoms with van der Waals surface area (Å²) in [6, 6.07) is 15.2. The van der Waals surface area contributed by atoms with Gasteiger partial charge in [-0.05, 0) is 42.5 Å². The number of hydrogen-bond acceptors (Lipinski definition) is 5. The standard InChI is InChI=1S/C20H12O5/c21-16-9-8-15-18(23)13-3-1-2-12(10-13)17(22)11-4-6-14(7-5-11)25-20(16)19(15)24/h1-10,21,24H. The average Bonchev–Trinajstić information content (AvgIpc) is 2.64.